The van der Waals surface area contributed by atoms with E-state index in [2.05, 4.69) is 13.0 Å². The summed E-state index contributed by atoms with van der Waals surface area (Å²) in [7, 11) is -1.75. The second kappa shape index (κ2) is 7.64. The molecule has 1 aromatic carbocycles. The van der Waals surface area contributed by atoms with Gasteiger partial charge in [0.15, 0.2) is 0 Å². The van der Waals surface area contributed by atoms with E-state index in [1.165, 1.54) is 4.31 Å². The second-order valence-corrected chi connectivity index (χ2v) is 8.64. The highest BCUT2D eigenvalue weighted by molar-refractivity contribution is 7.86. The van der Waals surface area contributed by atoms with Crippen LogP contribution in [0.3, 0.4) is 0 Å². The summed E-state index contributed by atoms with van der Waals surface area (Å²) >= 11 is 0. The van der Waals surface area contributed by atoms with Crippen LogP contribution in [-0.2, 0) is 10.2 Å². The fourth-order valence-corrected chi connectivity index (χ4v) is 4.48. The van der Waals surface area contributed by atoms with Gasteiger partial charge in [0.25, 0.3) is 10.2 Å². The minimum atomic E-state index is -3.38. The molecule has 1 fully saturated rings. The van der Waals surface area contributed by atoms with Crippen LogP contribution in [0.5, 0.6) is 5.75 Å². The molecule has 0 spiro atoms. The zero-order valence-electron chi connectivity index (χ0n) is 14.6. The summed E-state index contributed by atoms with van der Waals surface area (Å²) in [5, 5.41) is 0. The predicted octanol–water partition coefficient (Wildman–Crippen LogP) is 2.59. The maximum absolute atomic E-state index is 12.6. The van der Waals surface area contributed by atoms with Crippen LogP contribution in [0.2, 0.25) is 0 Å². The van der Waals surface area contributed by atoms with E-state index in [0.29, 0.717) is 32.2 Å². The monoisotopic (exact) mass is 340 g/mol. The smallest absolute Gasteiger partial charge is 0.281 e. The van der Waals surface area contributed by atoms with Crippen LogP contribution in [0.25, 0.3) is 0 Å². The number of ether oxygens (including phenoxy) is 1. The topological polar surface area (TPSA) is 49.9 Å². The Balaban J connectivity index is 1.89. The maximum atomic E-state index is 12.6. The molecule has 0 aromatic heterocycles. The Morgan fingerprint density at radius 1 is 1.26 bits per heavy atom. The van der Waals surface area contributed by atoms with Gasteiger partial charge < -0.3 is 4.74 Å². The molecule has 23 heavy (non-hydrogen) atoms. The zero-order chi connectivity index (χ0) is 17.0. The van der Waals surface area contributed by atoms with Gasteiger partial charge in [-0.1, -0.05) is 13.0 Å². The Morgan fingerprint density at radius 2 is 1.91 bits per heavy atom. The Bertz CT molecular complexity index is 610. The van der Waals surface area contributed by atoms with Gasteiger partial charge in [0.05, 0.1) is 0 Å². The lowest BCUT2D eigenvalue weighted by Crippen LogP contribution is -2.47. The first-order valence-electron chi connectivity index (χ1n) is 8.21. The number of nitrogens with zero attached hydrogens (tertiary/aromatic N) is 2. The molecule has 0 saturated carbocycles. The summed E-state index contributed by atoms with van der Waals surface area (Å²) in [5.41, 5.74) is 2.28. The highest BCUT2D eigenvalue weighted by Crippen LogP contribution is 2.20. The number of rotatable bonds is 6. The van der Waals surface area contributed by atoms with Crippen LogP contribution in [0.1, 0.15) is 30.9 Å². The average Bonchev–Trinajstić information content (AvgIpc) is 2.46. The number of benzene rings is 1. The van der Waals surface area contributed by atoms with Crippen molar-refractivity contribution in [2.75, 3.05) is 33.3 Å². The molecule has 1 aromatic rings. The first-order chi connectivity index (χ1) is 10.8. The summed E-state index contributed by atoms with van der Waals surface area (Å²) < 4.78 is 33.9. The number of aryl methyl sites for hydroxylation is 2. The highest BCUT2D eigenvalue weighted by atomic mass is 32.2. The molecule has 1 unspecified atom stereocenters. The van der Waals surface area contributed by atoms with Crippen molar-refractivity contribution in [2.45, 2.75) is 33.6 Å². The number of hydrogen-bond acceptors (Lipinski definition) is 3. The summed E-state index contributed by atoms with van der Waals surface area (Å²) in [6, 6.07) is 6.02. The Labute approximate surface area is 140 Å². The van der Waals surface area contributed by atoms with Gasteiger partial charge in [0.2, 0.25) is 0 Å². The molecule has 1 aliphatic heterocycles. The number of hydrogen-bond donors (Lipinski definition) is 0. The van der Waals surface area contributed by atoms with Gasteiger partial charge in [-0.2, -0.15) is 17.0 Å². The molecule has 1 saturated heterocycles. The van der Waals surface area contributed by atoms with Crippen LogP contribution in [0.15, 0.2) is 18.2 Å². The van der Waals surface area contributed by atoms with Gasteiger partial charge in [-0.05, 0) is 55.9 Å². The first kappa shape index (κ1) is 18.2. The maximum Gasteiger partial charge on any atom is 0.281 e. The summed E-state index contributed by atoms with van der Waals surface area (Å²) in [4.78, 5) is 0. The molecule has 2 rings (SSSR count). The van der Waals surface area contributed by atoms with Crippen molar-refractivity contribution in [3.8, 4) is 5.75 Å². The van der Waals surface area contributed by atoms with E-state index in [9.17, 15) is 8.42 Å². The Hall–Kier alpha value is -1.11. The van der Waals surface area contributed by atoms with E-state index in [-0.39, 0.29) is 0 Å². The van der Waals surface area contributed by atoms with Crippen molar-refractivity contribution >= 4 is 10.2 Å². The average molecular weight is 340 g/mol. The molecule has 5 nitrogen and oxygen atoms in total. The van der Waals surface area contributed by atoms with Crippen molar-refractivity contribution < 1.29 is 13.2 Å². The second-order valence-electron chi connectivity index (χ2n) is 6.61. The Kier molecular flexibility index (Phi) is 6.06. The van der Waals surface area contributed by atoms with Crippen molar-refractivity contribution in [3.63, 3.8) is 0 Å². The third-order valence-corrected chi connectivity index (χ3v) is 6.16. The molecule has 130 valence electrons. The fraction of sp³-hybridized carbons (Fsp3) is 0.647. The Morgan fingerprint density at radius 3 is 2.52 bits per heavy atom. The quantitative estimate of drug-likeness (QED) is 0.800. The molecule has 0 bridgehead atoms. The molecule has 0 amide bonds. The summed E-state index contributed by atoms with van der Waals surface area (Å²) in [6.07, 6.45) is 2.04. The van der Waals surface area contributed by atoms with Crippen LogP contribution in [-0.4, -0.2) is 50.3 Å². The van der Waals surface area contributed by atoms with Crippen LogP contribution in [0, 0.1) is 19.8 Å². The van der Waals surface area contributed by atoms with E-state index in [0.717, 1.165) is 29.7 Å². The summed E-state index contributed by atoms with van der Waals surface area (Å²) in [5.74, 6) is 1.22. The molecule has 1 atom stereocenters. The standard InChI is InChI=1S/C17H28N2O3S/c1-14-6-5-7-19(13-14)23(20,21)18(4)8-9-22-17-11-15(2)10-16(3)12-17/h10-12,14H,5-9,13H2,1-4H3. The largest absolute Gasteiger partial charge is 0.492 e. The summed E-state index contributed by atoms with van der Waals surface area (Å²) in [6.45, 7) is 8.08. The van der Waals surface area contributed by atoms with Gasteiger partial charge in [0, 0.05) is 26.7 Å². The fourth-order valence-electron chi connectivity index (χ4n) is 2.98. The van der Waals surface area contributed by atoms with E-state index in [1.54, 1.807) is 11.4 Å². The van der Waals surface area contributed by atoms with Crippen LogP contribution < -0.4 is 4.74 Å². The SMILES string of the molecule is Cc1cc(C)cc(OCCN(C)S(=O)(=O)N2CCCC(C)C2)c1. The van der Waals surface area contributed by atoms with Gasteiger partial charge in [-0.15, -0.1) is 0 Å². The lowest BCUT2D eigenvalue weighted by molar-refractivity contribution is 0.247. The van der Waals surface area contributed by atoms with E-state index in [4.69, 9.17) is 4.74 Å². The molecule has 0 N–H and O–H groups in total. The zero-order valence-corrected chi connectivity index (χ0v) is 15.4. The van der Waals surface area contributed by atoms with Crippen molar-refractivity contribution in [3.05, 3.63) is 29.3 Å². The lowest BCUT2D eigenvalue weighted by atomic mass is 10.0. The number of piperidine rings is 1. The normalized spacial score (nSPS) is 20.0. The van der Waals surface area contributed by atoms with Gasteiger partial charge in [-0.25, -0.2) is 0 Å². The van der Waals surface area contributed by atoms with Crippen LogP contribution >= 0.6 is 0 Å². The van der Waals surface area contributed by atoms with Gasteiger partial charge in [-0.3, -0.25) is 0 Å². The molecule has 0 aliphatic carbocycles. The van der Waals surface area contributed by atoms with E-state index >= 15 is 0 Å². The number of likely N-dealkylation sites (N-methyl/N-ethyl adjacent to an activating group) is 1. The lowest BCUT2D eigenvalue weighted by Gasteiger charge is -2.33. The van der Waals surface area contributed by atoms with Gasteiger partial charge >= 0.3 is 0 Å². The van der Waals surface area contributed by atoms with Crippen molar-refractivity contribution in [1.82, 2.24) is 8.61 Å². The van der Waals surface area contributed by atoms with Crippen molar-refractivity contribution in [2.24, 2.45) is 5.92 Å². The minimum Gasteiger partial charge on any atom is -0.492 e. The minimum absolute atomic E-state index is 0.347. The van der Waals surface area contributed by atoms with E-state index in [1.807, 2.05) is 26.0 Å². The van der Waals surface area contributed by atoms with E-state index < -0.39 is 10.2 Å². The first-order valence-corrected chi connectivity index (χ1v) is 9.61. The third kappa shape index (κ3) is 4.93. The molecular formula is C17H28N2O3S. The van der Waals surface area contributed by atoms with Crippen molar-refractivity contribution in [1.29, 1.82) is 0 Å². The molecule has 6 heteroatoms. The van der Waals surface area contributed by atoms with Crippen LogP contribution in [0.4, 0.5) is 0 Å². The molecule has 1 aliphatic rings. The highest BCUT2D eigenvalue weighted by Gasteiger charge is 2.30. The van der Waals surface area contributed by atoms with Gasteiger partial charge in [0.1, 0.15) is 12.4 Å². The third-order valence-electron chi connectivity index (χ3n) is 4.21. The molecule has 1 heterocycles. The predicted molar refractivity (Wildman–Crippen MR) is 92.9 cm³/mol. The molecular weight excluding hydrogens is 312 g/mol. The molecule has 0 radical (unpaired) electrons.